The number of nitrogen functional groups attached to an aromatic ring is 1. The minimum atomic E-state index is 0.466. The molecule has 0 bridgehead atoms. The molecule has 0 radical (unpaired) electrons. The number of nitrogens with one attached hydrogen (secondary N) is 1. The normalized spacial score (nSPS) is 12.2. The highest BCUT2D eigenvalue weighted by Gasteiger charge is 2.09. The molecule has 0 aliphatic carbocycles. The van der Waals surface area contributed by atoms with E-state index in [1.165, 1.54) is 6.33 Å². The van der Waals surface area contributed by atoms with E-state index in [1.807, 2.05) is 6.92 Å². The highest BCUT2D eigenvalue weighted by atomic mass is 16.5. The van der Waals surface area contributed by atoms with Crippen LogP contribution in [0.5, 0.6) is 5.88 Å². The molecule has 1 heterocycles. The second-order valence-electron chi connectivity index (χ2n) is 4.18. The first-order valence-corrected chi connectivity index (χ1v) is 6.16. The molecule has 0 fully saturated rings. The first-order chi connectivity index (χ1) is 8.19. The van der Waals surface area contributed by atoms with Crippen molar-refractivity contribution in [3.63, 3.8) is 0 Å². The van der Waals surface area contributed by atoms with E-state index in [4.69, 9.17) is 10.5 Å². The maximum Gasteiger partial charge on any atom is 0.242 e. The van der Waals surface area contributed by atoms with Crippen molar-refractivity contribution in [1.82, 2.24) is 9.97 Å². The summed E-state index contributed by atoms with van der Waals surface area (Å²) in [4.78, 5) is 8.15. The molecule has 1 unspecified atom stereocenters. The molecule has 0 aliphatic heterocycles. The molecule has 1 rings (SSSR count). The van der Waals surface area contributed by atoms with Crippen LogP contribution in [0.1, 0.15) is 33.6 Å². The fourth-order valence-electron chi connectivity index (χ4n) is 1.25. The molecule has 96 valence electrons. The lowest BCUT2D eigenvalue weighted by Crippen LogP contribution is -2.13. The van der Waals surface area contributed by atoms with Crippen LogP contribution in [0.2, 0.25) is 0 Å². The van der Waals surface area contributed by atoms with Crippen LogP contribution < -0.4 is 15.8 Å². The molecule has 1 atom stereocenters. The number of ether oxygens (including phenoxy) is 1. The minimum Gasteiger partial charge on any atom is -0.476 e. The van der Waals surface area contributed by atoms with Gasteiger partial charge in [-0.1, -0.05) is 27.2 Å². The molecule has 5 nitrogen and oxygen atoms in total. The van der Waals surface area contributed by atoms with Gasteiger partial charge in [0.05, 0.1) is 6.61 Å². The Labute approximate surface area is 103 Å². The van der Waals surface area contributed by atoms with Gasteiger partial charge in [0.25, 0.3) is 0 Å². The number of hydrogen-bond donors (Lipinski definition) is 2. The van der Waals surface area contributed by atoms with Crippen molar-refractivity contribution in [2.75, 3.05) is 24.2 Å². The van der Waals surface area contributed by atoms with Crippen molar-refractivity contribution in [1.29, 1.82) is 0 Å². The summed E-state index contributed by atoms with van der Waals surface area (Å²) in [5.41, 5.74) is 6.43. The Kier molecular flexibility index (Phi) is 5.52. The first kappa shape index (κ1) is 13.5. The summed E-state index contributed by atoms with van der Waals surface area (Å²) in [6.45, 7) is 7.85. The third kappa shape index (κ3) is 4.09. The van der Waals surface area contributed by atoms with E-state index in [-0.39, 0.29) is 0 Å². The van der Waals surface area contributed by atoms with Crippen molar-refractivity contribution in [2.45, 2.75) is 33.6 Å². The smallest absolute Gasteiger partial charge is 0.242 e. The van der Waals surface area contributed by atoms with Gasteiger partial charge in [0, 0.05) is 6.54 Å². The Morgan fingerprint density at radius 2 is 2.18 bits per heavy atom. The topological polar surface area (TPSA) is 73.1 Å². The highest BCUT2D eigenvalue weighted by molar-refractivity contribution is 5.66. The summed E-state index contributed by atoms with van der Waals surface area (Å²) in [6.07, 6.45) is 3.52. The summed E-state index contributed by atoms with van der Waals surface area (Å²) >= 11 is 0. The lowest BCUT2D eigenvalue weighted by molar-refractivity contribution is 0.306. The molecule has 0 aromatic carbocycles. The van der Waals surface area contributed by atoms with Crippen molar-refractivity contribution >= 4 is 11.5 Å². The van der Waals surface area contributed by atoms with Crippen molar-refractivity contribution in [2.24, 2.45) is 5.92 Å². The predicted octanol–water partition coefficient (Wildman–Crippen LogP) is 2.31. The Morgan fingerprint density at radius 3 is 2.82 bits per heavy atom. The van der Waals surface area contributed by atoms with Gasteiger partial charge in [-0.05, 0) is 12.3 Å². The number of hydrogen-bond acceptors (Lipinski definition) is 5. The number of aromatic nitrogens is 2. The van der Waals surface area contributed by atoms with Crippen molar-refractivity contribution < 1.29 is 4.74 Å². The second kappa shape index (κ2) is 6.93. The van der Waals surface area contributed by atoms with E-state index in [9.17, 15) is 0 Å². The van der Waals surface area contributed by atoms with Gasteiger partial charge in [0.15, 0.2) is 5.82 Å². The quantitative estimate of drug-likeness (QED) is 0.762. The molecule has 0 aliphatic rings. The average Bonchev–Trinajstić information content (AvgIpc) is 2.35. The fourth-order valence-corrected chi connectivity index (χ4v) is 1.25. The lowest BCUT2D eigenvalue weighted by Gasteiger charge is -2.13. The number of nitrogens with two attached hydrogens (primary N) is 1. The molecular formula is C12H22N4O. The van der Waals surface area contributed by atoms with Crippen LogP contribution in [0.15, 0.2) is 6.33 Å². The van der Waals surface area contributed by atoms with E-state index < -0.39 is 0 Å². The van der Waals surface area contributed by atoms with Crippen LogP contribution in [0.3, 0.4) is 0 Å². The zero-order valence-electron chi connectivity index (χ0n) is 10.9. The van der Waals surface area contributed by atoms with E-state index in [0.29, 0.717) is 29.9 Å². The molecule has 0 saturated heterocycles. The first-order valence-electron chi connectivity index (χ1n) is 6.16. The standard InChI is InChI=1S/C12H22N4O/c1-4-6-17-12-10(13)11(15-8-16-12)14-7-9(3)5-2/h8-9H,4-7,13H2,1-3H3,(H,14,15,16). The van der Waals surface area contributed by atoms with E-state index in [2.05, 4.69) is 29.1 Å². The van der Waals surface area contributed by atoms with Gasteiger partial charge < -0.3 is 15.8 Å². The lowest BCUT2D eigenvalue weighted by atomic mass is 10.1. The maximum absolute atomic E-state index is 5.94. The molecule has 3 N–H and O–H groups in total. The molecule has 1 aromatic rings. The Balaban J connectivity index is 2.65. The zero-order chi connectivity index (χ0) is 12.7. The van der Waals surface area contributed by atoms with Gasteiger partial charge in [-0.25, -0.2) is 4.98 Å². The SMILES string of the molecule is CCCOc1ncnc(NCC(C)CC)c1N. The zero-order valence-corrected chi connectivity index (χ0v) is 10.9. The predicted molar refractivity (Wildman–Crippen MR) is 70.2 cm³/mol. The van der Waals surface area contributed by atoms with Gasteiger partial charge in [-0.3, -0.25) is 0 Å². The maximum atomic E-state index is 5.94. The monoisotopic (exact) mass is 238 g/mol. The Bertz CT molecular complexity index is 343. The molecule has 5 heteroatoms. The number of nitrogens with zero attached hydrogens (tertiary/aromatic N) is 2. The van der Waals surface area contributed by atoms with Crippen molar-refractivity contribution in [3.05, 3.63) is 6.33 Å². The van der Waals surface area contributed by atoms with Crippen molar-refractivity contribution in [3.8, 4) is 5.88 Å². The van der Waals surface area contributed by atoms with Gasteiger partial charge in [-0.2, -0.15) is 4.98 Å². The minimum absolute atomic E-state index is 0.466. The van der Waals surface area contributed by atoms with E-state index in [0.717, 1.165) is 19.4 Å². The highest BCUT2D eigenvalue weighted by Crippen LogP contribution is 2.24. The molecule has 0 spiro atoms. The van der Waals surface area contributed by atoms with E-state index in [1.54, 1.807) is 0 Å². The number of rotatable bonds is 7. The average molecular weight is 238 g/mol. The largest absolute Gasteiger partial charge is 0.476 e. The molecular weight excluding hydrogens is 216 g/mol. The van der Waals surface area contributed by atoms with Gasteiger partial charge in [0.2, 0.25) is 5.88 Å². The second-order valence-corrected chi connectivity index (χ2v) is 4.18. The number of anilines is 2. The van der Waals surface area contributed by atoms with Crippen LogP contribution in [-0.2, 0) is 0 Å². The van der Waals surface area contributed by atoms with Gasteiger partial charge in [-0.15, -0.1) is 0 Å². The summed E-state index contributed by atoms with van der Waals surface area (Å²) < 4.78 is 5.44. The van der Waals surface area contributed by atoms with Crippen LogP contribution >= 0.6 is 0 Å². The fraction of sp³-hybridized carbons (Fsp3) is 0.667. The molecule has 0 amide bonds. The van der Waals surface area contributed by atoms with E-state index >= 15 is 0 Å². The summed E-state index contributed by atoms with van der Waals surface area (Å²) in [5.74, 6) is 1.71. The van der Waals surface area contributed by atoms with Crippen LogP contribution in [0, 0.1) is 5.92 Å². The summed E-state index contributed by atoms with van der Waals surface area (Å²) in [5, 5.41) is 3.22. The molecule has 1 aromatic heterocycles. The molecule has 17 heavy (non-hydrogen) atoms. The van der Waals surface area contributed by atoms with Crippen LogP contribution in [-0.4, -0.2) is 23.1 Å². The van der Waals surface area contributed by atoms with Crippen LogP contribution in [0.4, 0.5) is 11.5 Å². The van der Waals surface area contributed by atoms with Gasteiger partial charge >= 0.3 is 0 Å². The third-order valence-electron chi connectivity index (χ3n) is 2.61. The Morgan fingerprint density at radius 1 is 1.41 bits per heavy atom. The van der Waals surface area contributed by atoms with Crippen LogP contribution in [0.25, 0.3) is 0 Å². The van der Waals surface area contributed by atoms with Gasteiger partial charge in [0.1, 0.15) is 12.0 Å². The Hall–Kier alpha value is -1.52. The summed E-state index contributed by atoms with van der Waals surface area (Å²) in [7, 11) is 0. The summed E-state index contributed by atoms with van der Waals surface area (Å²) in [6, 6.07) is 0. The molecule has 0 saturated carbocycles. The third-order valence-corrected chi connectivity index (χ3v) is 2.61.